The molecular formula is C11H12N6O2. The fourth-order valence-corrected chi connectivity index (χ4v) is 1.39. The molecule has 2 heterocycles. The van der Waals surface area contributed by atoms with Gasteiger partial charge < -0.3 is 0 Å². The molecule has 0 aromatic carbocycles. The molecule has 1 amide bonds. The van der Waals surface area contributed by atoms with Gasteiger partial charge in [-0.3, -0.25) is 4.79 Å². The number of hydrogen-bond donors (Lipinski definition) is 1. The van der Waals surface area contributed by atoms with Crippen LogP contribution in [0, 0.1) is 6.92 Å². The molecule has 0 aliphatic rings. The van der Waals surface area contributed by atoms with E-state index in [1.54, 1.807) is 18.3 Å². The minimum atomic E-state index is -0.611. The van der Waals surface area contributed by atoms with Crippen LogP contribution in [0.2, 0.25) is 0 Å². The summed E-state index contributed by atoms with van der Waals surface area (Å²) in [5.41, 5.74) is 0.338. The molecule has 0 spiro atoms. The topological polar surface area (TPSA) is 107 Å². The lowest BCUT2D eigenvalue weighted by Crippen LogP contribution is -2.39. The quantitative estimate of drug-likeness (QED) is 0.445. The SMILES string of the molecule is CC(=O)N(N)c1ncn(-c2cc(C)ccn2)c(=O)n1. The lowest BCUT2D eigenvalue weighted by molar-refractivity contribution is -0.116. The normalized spacial score (nSPS) is 10.3. The molecule has 2 N–H and O–H groups in total. The third-order valence-electron chi connectivity index (χ3n) is 2.39. The Morgan fingerprint density at radius 2 is 2.16 bits per heavy atom. The Labute approximate surface area is 108 Å². The van der Waals surface area contributed by atoms with Crippen LogP contribution < -0.4 is 16.5 Å². The van der Waals surface area contributed by atoms with E-state index >= 15 is 0 Å². The van der Waals surface area contributed by atoms with Crippen molar-refractivity contribution in [1.82, 2.24) is 19.5 Å². The maximum Gasteiger partial charge on any atom is 0.357 e. The fourth-order valence-electron chi connectivity index (χ4n) is 1.39. The summed E-state index contributed by atoms with van der Waals surface area (Å²) in [4.78, 5) is 34.5. The van der Waals surface area contributed by atoms with E-state index in [9.17, 15) is 9.59 Å². The number of rotatable bonds is 2. The first kappa shape index (κ1) is 12.8. The van der Waals surface area contributed by atoms with Crippen LogP contribution in [0.4, 0.5) is 5.95 Å². The Kier molecular flexibility index (Phi) is 3.34. The van der Waals surface area contributed by atoms with Gasteiger partial charge in [-0.1, -0.05) is 0 Å². The first-order valence-corrected chi connectivity index (χ1v) is 5.43. The summed E-state index contributed by atoms with van der Waals surface area (Å²) in [6.45, 7) is 3.12. The van der Waals surface area contributed by atoms with Crippen molar-refractivity contribution >= 4 is 11.9 Å². The molecule has 0 fully saturated rings. The van der Waals surface area contributed by atoms with E-state index in [1.807, 2.05) is 6.92 Å². The van der Waals surface area contributed by atoms with Crippen molar-refractivity contribution in [2.45, 2.75) is 13.8 Å². The lowest BCUT2D eigenvalue weighted by atomic mass is 10.3. The van der Waals surface area contributed by atoms with Gasteiger partial charge in [-0.15, -0.1) is 0 Å². The average Bonchev–Trinajstić information content (AvgIpc) is 2.37. The van der Waals surface area contributed by atoms with E-state index < -0.39 is 11.6 Å². The van der Waals surface area contributed by atoms with Gasteiger partial charge in [0.05, 0.1) is 0 Å². The molecular weight excluding hydrogens is 248 g/mol. The van der Waals surface area contributed by atoms with Crippen molar-refractivity contribution in [3.05, 3.63) is 40.7 Å². The summed E-state index contributed by atoms with van der Waals surface area (Å²) in [5.74, 6) is 5.20. The monoisotopic (exact) mass is 260 g/mol. The molecule has 0 radical (unpaired) electrons. The number of aromatic nitrogens is 4. The second-order valence-corrected chi connectivity index (χ2v) is 3.89. The maximum absolute atomic E-state index is 11.9. The molecule has 0 saturated carbocycles. The molecule has 2 aromatic heterocycles. The van der Waals surface area contributed by atoms with Crippen LogP contribution in [0.1, 0.15) is 12.5 Å². The van der Waals surface area contributed by atoms with Gasteiger partial charge in [0.2, 0.25) is 5.91 Å². The van der Waals surface area contributed by atoms with Gasteiger partial charge in [0, 0.05) is 13.1 Å². The number of hydrogen-bond acceptors (Lipinski definition) is 6. The number of nitrogens with zero attached hydrogens (tertiary/aromatic N) is 5. The number of aryl methyl sites for hydroxylation is 1. The highest BCUT2D eigenvalue weighted by atomic mass is 16.2. The second-order valence-electron chi connectivity index (χ2n) is 3.89. The molecule has 0 atom stereocenters. The predicted octanol–water partition coefficient (Wildman–Crippen LogP) is -0.442. The van der Waals surface area contributed by atoms with Crippen molar-refractivity contribution < 1.29 is 4.79 Å². The molecule has 0 aliphatic heterocycles. The lowest BCUT2D eigenvalue weighted by Gasteiger charge is -2.11. The molecule has 0 bridgehead atoms. The number of pyridine rings is 1. The summed E-state index contributed by atoms with van der Waals surface area (Å²) in [7, 11) is 0. The Balaban J connectivity index is 2.46. The highest BCUT2D eigenvalue weighted by Crippen LogP contribution is 2.04. The van der Waals surface area contributed by atoms with Crippen molar-refractivity contribution in [3.8, 4) is 5.82 Å². The van der Waals surface area contributed by atoms with Crippen LogP contribution in [0.5, 0.6) is 0 Å². The Bertz CT molecular complexity index is 681. The van der Waals surface area contributed by atoms with E-state index in [1.165, 1.54) is 17.8 Å². The highest BCUT2D eigenvalue weighted by molar-refractivity contribution is 5.88. The van der Waals surface area contributed by atoms with E-state index in [2.05, 4.69) is 15.0 Å². The van der Waals surface area contributed by atoms with Gasteiger partial charge in [0.25, 0.3) is 5.95 Å². The van der Waals surface area contributed by atoms with E-state index in [-0.39, 0.29) is 5.95 Å². The van der Waals surface area contributed by atoms with Gasteiger partial charge in [-0.2, -0.15) is 4.98 Å². The molecule has 8 nitrogen and oxygen atoms in total. The first-order chi connectivity index (χ1) is 8.99. The number of amides is 1. The van der Waals surface area contributed by atoms with Crippen LogP contribution in [0.25, 0.3) is 5.82 Å². The third kappa shape index (κ3) is 2.63. The smallest absolute Gasteiger partial charge is 0.273 e. The molecule has 2 aromatic rings. The second kappa shape index (κ2) is 4.94. The minimum Gasteiger partial charge on any atom is -0.273 e. The molecule has 98 valence electrons. The van der Waals surface area contributed by atoms with Crippen LogP contribution in [0.15, 0.2) is 29.5 Å². The summed E-state index contributed by atoms with van der Waals surface area (Å²) < 4.78 is 1.17. The maximum atomic E-state index is 11.9. The Morgan fingerprint density at radius 3 is 2.74 bits per heavy atom. The zero-order chi connectivity index (χ0) is 14.0. The number of hydrazine groups is 1. The third-order valence-corrected chi connectivity index (χ3v) is 2.39. The number of anilines is 1. The molecule has 0 aliphatic carbocycles. The predicted molar refractivity (Wildman–Crippen MR) is 67.5 cm³/mol. The number of nitrogens with two attached hydrogens (primary N) is 1. The van der Waals surface area contributed by atoms with Crippen molar-refractivity contribution in [1.29, 1.82) is 0 Å². The van der Waals surface area contributed by atoms with E-state index in [0.717, 1.165) is 5.56 Å². The average molecular weight is 260 g/mol. The molecule has 0 saturated heterocycles. The fraction of sp³-hybridized carbons (Fsp3) is 0.182. The van der Waals surface area contributed by atoms with Gasteiger partial charge >= 0.3 is 5.69 Å². The number of carbonyl (C=O) groups excluding carboxylic acids is 1. The minimum absolute atomic E-state index is 0.151. The van der Waals surface area contributed by atoms with Gasteiger partial charge in [0.15, 0.2) is 0 Å². The van der Waals surface area contributed by atoms with Gasteiger partial charge in [-0.25, -0.2) is 30.2 Å². The molecule has 2 rings (SSSR count). The van der Waals surface area contributed by atoms with Crippen molar-refractivity contribution in [3.63, 3.8) is 0 Å². The van der Waals surface area contributed by atoms with E-state index in [0.29, 0.717) is 10.8 Å². The molecule has 19 heavy (non-hydrogen) atoms. The standard InChI is InChI=1S/C11H12N6O2/c1-7-3-4-13-9(5-7)16-6-14-10(15-11(16)19)17(12)8(2)18/h3-6H,12H2,1-2H3. The van der Waals surface area contributed by atoms with E-state index in [4.69, 9.17) is 5.84 Å². The molecule has 0 unspecified atom stereocenters. The summed E-state index contributed by atoms with van der Waals surface area (Å²) >= 11 is 0. The van der Waals surface area contributed by atoms with Crippen LogP contribution in [-0.2, 0) is 4.79 Å². The van der Waals surface area contributed by atoms with Gasteiger partial charge in [0.1, 0.15) is 12.1 Å². The van der Waals surface area contributed by atoms with Crippen LogP contribution in [0.3, 0.4) is 0 Å². The largest absolute Gasteiger partial charge is 0.357 e. The Morgan fingerprint density at radius 1 is 1.42 bits per heavy atom. The Hall–Kier alpha value is -2.61. The molecule has 8 heteroatoms. The van der Waals surface area contributed by atoms with Crippen LogP contribution in [-0.4, -0.2) is 25.4 Å². The summed E-state index contributed by atoms with van der Waals surface area (Å²) in [6, 6.07) is 3.52. The van der Waals surface area contributed by atoms with Crippen molar-refractivity contribution in [2.24, 2.45) is 5.84 Å². The van der Waals surface area contributed by atoms with Crippen molar-refractivity contribution in [2.75, 3.05) is 5.01 Å². The number of carbonyl (C=O) groups is 1. The zero-order valence-electron chi connectivity index (χ0n) is 10.4. The first-order valence-electron chi connectivity index (χ1n) is 5.43. The highest BCUT2D eigenvalue weighted by Gasteiger charge is 2.12. The zero-order valence-corrected chi connectivity index (χ0v) is 10.4. The van der Waals surface area contributed by atoms with Crippen LogP contribution >= 0.6 is 0 Å². The van der Waals surface area contributed by atoms with Gasteiger partial charge in [-0.05, 0) is 24.6 Å². The summed E-state index contributed by atoms with van der Waals surface area (Å²) in [6.07, 6.45) is 2.81. The summed E-state index contributed by atoms with van der Waals surface area (Å²) in [5, 5.41) is 0.704.